The molecule has 1 unspecified atom stereocenters. The van der Waals surface area contributed by atoms with Gasteiger partial charge in [0.25, 0.3) is 11.8 Å². The molecule has 2 aromatic heterocycles. The van der Waals surface area contributed by atoms with Crippen LogP contribution in [0.4, 0.5) is 4.39 Å². The first-order valence-corrected chi connectivity index (χ1v) is 11.7. The maximum absolute atomic E-state index is 13.2. The highest BCUT2D eigenvalue weighted by molar-refractivity contribution is 7.93. The van der Waals surface area contributed by atoms with Gasteiger partial charge >= 0.3 is 0 Å². The number of hydrogen-bond acceptors (Lipinski definition) is 7. The van der Waals surface area contributed by atoms with Gasteiger partial charge in [-0.25, -0.2) is 14.2 Å². The van der Waals surface area contributed by atoms with Gasteiger partial charge in [-0.3, -0.25) is 9.59 Å². The molecule has 0 bridgehead atoms. The summed E-state index contributed by atoms with van der Waals surface area (Å²) in [5.74, 6) is -1.19. The lowest BCUT2D eigenvalue weighted by Crippen LogP contribution is -2.34. The van der Waals surface area contributed by atoms with E-state index in [-0.39, 0.29) is 30.6 Å². The number of aryl methyl sites for hydroxylation is 1. The second-order valence-electron chi connectivity index (χ2n) is 6.61. The van der Waals surface area contributed by atoms with Crippen molar-refractivity contribution in [3.8, 4) is 0 Å². The number of carbonyl (C=O) groups is 2. The van der Waals surface area contributed by atoms with E-state index in [9.17, 15) is 18.2 Å². The number of halogens is 1. The molecule has 1 fully saturated rings. The van der Waals surface area contributed by atoms with Crippen molar-refractivity contribution in [2.45, 2.75) is 20.0 Å². The highest BCUT2D eigenvalue weighted by Crippen LogP contribution is 2.19. The molecule has 2 aromatic rings. The minimum atomic E-state index is -2.81. The zero-order valence-electron chi connectivity index (χ0n) is 16.1. The van der Waals surface area contributed by atoms with Crippen LogP contribution in [0.25, 0.3) is 0 Å². The summed E-state index contributed by atoms with van der Waals surface area (Å²) in [6.45, 7) is 2.39. The third kappa shape index (κ3) is 5.03. The van der Waals surface area contributed by atoms with Crippen LogP contribution in [-0.4, -0.2) is 62.6 Å². The number of aromatic nitrogens is 2. The third-order valence-corrected chi connectivity index (χ3v) is 7.63. The lowest BCUT2D eigenvalue weighted by molar-refractivity contribution is 0.0767. The number of ether oxygens (including phenoxy) is 1. The molecule has 0 spiro atoms. The van der Waals surface area contributed by atoms with E-state index in [4.69, 9.17) is 4.74 Å². The van der Waals surface area contributed by atoms with Gasteiger partial charge in [0.2, 0.25) is 5.95 Å². The van der Waals surface area contributed by atoms with Crippen LogP contribution in [-0.2, 0) is 21.1 Å². The highest BCUT2D eigenvalue weighted by atomic mass is 32.2. The standard InChI is InChI=1S/C18H21FN4O4S2/c1-12-8-15(19)20-9-13(12)18(25)23-4-3-6-29(26,7-5-23)22-17(24)16-14(10-27-2)21-11-28-16/h8-9,11H,3-7,10H2,1-2H3. The molecule has 1 saturated heterocycles. The molecule has 0 N–H and O–H groups in total. The molecule has 1 aliphatic heterocycles. The van der Waals surface area contributed by atoms with Crippen molar-refractivity contribution in [2.24, 2.45) is 4.36 Å². The fourth-order valence-corrected chi connectivity index (χ4v) is 5.64. The first-order chi connectivity index (χ1) is 13.8. The Morgan fingerprint density at radius 3 is 2.86 bits per heavy atom. The van der Waals surface area contributed by atoms with Crippen LogP contribution in [0.1, 0.15) is 37.7 Å². The lowest BCUT2D eigenvalue weighted by Gasteiger charge is -2.20. The summed E-state index contributed by atoms with van der Waals surface area (Å²) < 4.78 is 35.4. The number of rotatable bonds is 4. The van der Waals surface area contributed by atoms with Crippen LogP contribution < -0.4 is 0 Å². The molecule has 0 aromatic carbocycles. The third-order valence-electron chi connectivity index (χ3n) is 4.53. The SMILES string of the molecule is COCc1ncsc1C(=O)N=S1(=O)CCCN(C(=O)c2cnc(F)cc2C)CC1. The number of methoxy groups -OCH3 is 1. The second kappa shape index (κ2) is 9.06. The summed E-state index contributed by atoms with van der Waals surface area (Å²) in [6, 6.07) is 1.20. The Morgan fingerprint density at radius 2 is 2.14 bits per heavy atom. The Bertz CT molecular complexity index is 1050. The van der Waals surface area contributed by atoms with E-state index in [2.05, 4.69) is 14.3 Å². The van der Waals surface area contributed by atoms with E-state index in [0.717, 1.165) is 11.3 Å². The molecule has 1 atom stereocenters. The number of amides is 2. The number of thiazole rings is 1. The summed E-state index contributed by atoms with van der Waals surface area (Å²) in [7, 11) is -1.30. The van der Waals surface area contributed by atoms with E-state index >= 15 is 0 Å². The van der Waals surface area contributed by atoms with Crippen LogP contribution in [0.3, 0.4) is 0 Å². The van der Waals surface area contributed by atoms with E-state index in [1.807, 2.05) is 0 Å². The predicted octanol–water partition coefficient (Wildman–Crippen LogP) is 2.29. The molecule has 29 heavy (non-hydrogen) atoms. The number of pyridine rings is 1. The van der Waals surface area contributed by atoms with E-state index in [1.165, 1.54) is 24.9 Å². The average Bonchev–Trinajstić information content (AvgIpc) is 3.04. The van der Waals surface area contributed by atoms with Crippen LogP contribution in [0.15, 0.2) is 22.1 Å². The maximum atomic E-state index is 13.2. The van der Waals surface area contributed by atoms with Gasteiger partial charge in [-0.15, -0.1) is 11.3 Å². The quantitative estimate of drug-likeness (QED) is 0.676. The maximum Gasteiger partial charge on any atom is 0.297 e. The summed E-state index contributed by atoms with van der Waals surface area (Å²) in [4.78, 5) is 34.8. The molecule has 156 valence electrons. The minimum absolute atomic E-state index is 0.0938. The van der Waals surface area contributed by atoms with Gasteiger partial charge in [-0.05, 0) is 25.0 Å². The van der Waals surface area contributed by atoms with Crippen LogP contribution in [0, 0.1) is 12.9 Å². The van der Waals surface area contributed by atoms with Crippen molar-refractivity contribution in [3.05, 3.63) is 45.4 Å². The van der Waals surface area contributed by atoms with Crippen molar-refractivity contribution in [1.82, 2.24) is 14.9 Å². The molecule has 11 heteroatoms. The fourth-order valence-electron chi connectivity index (χ4n) is 3.03. The van der Waals surface area contributed by atoms with Gasteiger partial charge in [0.05, 0.1) is 33.1 Å². The van der Waals surface area contributed by atoms with Crippen LogP contribution in [0.2, 0.25) is 0 Å². The van der Waals surface area contributed by atoms with Gasteiger partial charge in [0, 0.05) is 37.9 Å². The normalized spacial score (nSPS) is 19.6. The highest BCUT2D eigenvalue weighted by Gasteiger charge is 2.25. The molecule has 0 saturated carbocycles. The predicted molar refractivity (Wildman–Crippen MR) is 107 cm³/mol. The van der Waals surface area contributed by atoms with Gasteiger partial charge in [0.1, 0.15) is 4.88 Å². The first-order valence-electron chi connectivity index (χ1n) is 8.92. The monoisotopic (exact) mass is 440 g/mol. The zero-order valence-corrected chi connectivity index (χ0v) is 17.7. The largest absolute Gasteiger partial charge is 0.378 e. The van der Waals surface area contributed by atoms with E-state index < -0.39 is 21.6 Å². The average molecular weight is 441 g/mol. The molecular formula is C18H21FN4O4S2. The molecule has 3 rings (SSSR count). The van der Waals surface area contributed by atoms with E-state index in [1.54, 1.807) is 11.8 Å². The number of nitrogens with zero attached hydrogens (tertiary/aromatic N) is 4. The first kappa shape index (κ1) is 21.5. The summed E-state index contributed by atoms with van der Waals surface area (Å²) in [6.07, 6.45) is 1.66. The minimum Gasteiger partial charge on any atom is -0.378 e. The Morgan fingerprint density at radius 1 is 1.34 bits per heavy atom. The Balaban J connectivity index is 1.76. The molecule has 1 aliphatic rings. The molecule has 8 nitrogen and oxygen atoms in total. The Hall–Kier alpha value is -2.24. The fraction of sp³-hybridized carbons (Fsp3) is 0.444. The van der Waals surface area contributed by atoms with Crippen LogP contribution in [0.5, 0.6) is 0 Å². The Kier molecular flexibility index (Phi) is 6.70. The Labute approximate surface area is 172 Å². The summed E-state index contributed by atoms with van der Waals surface area (Å²) >= 11 is 1.13. The second-order valence-corrected chi connectivity index (χ2v) is 10.0. The smallest absolute Gasteiger partial charge is 0.297 e. The van der Waals surface area contributed by atoms with Crippen molar-refractivity contribution >= 4 is 32.9 Å². The van der Waals surface area contributed by atoms with Crippen molar-refractivity contribution in [1.29, 1.82) is 0 Å². The van der Waals surface area contributed by atoms with Gasteiger partial charge in [-0.1, -0.05) is 0 Å². The van der Waals surface area contributed by atoms with Crippen LogP contribution >= 0.6 is 11.3 Å². The number of carbonyl (C=O) groups excluding carboxylic acids is 2. The molecule has 2 amide bonds. The van der Waals surface area contributed by atoms with Gasteiger partial charge in [0.15, 0.2) is 0 Å². The zero-order chi connectivity index (χ0) is 21.0. The molecule has 0 aliphatic carbocycles. The van der Waals surface area contributed by atoms with Crippen molar-refractivity contribution in [3.63, 3.8) is 0 Å². The molecule has 3 heterocycles. The number of hydrogen-bond donors (Lipinski definition) is 0. The summed E-state index contributed by atoms with van der Waals surface area (Å²) in [5, 5.41) is 0. The van der Waals surface area contributed by atoms with Gasteiger partial charge < -0.3 is 9.64 Å². The molecule has 0 radical (unpaired) electrons. The molecular weight excluding hydrogens is 419 g/mol. The van der Waals surface area contributed by atoms with Crippen molar-refractivity contribution < 1.29 is 22.9 Å². The lowest BCUT2D eigenvalue weighted by atomic mass is 10.1. The topological polar surface area (TPSA) is 102 Å². The summed E-state index contributed by atoms with van der Waals surface area (Å²) in [5.41, 5.74) is 2.79. The van der Waals surface area contributed by atoms with E-state index in [0.29, 0.717) is 34.7 Å². The van der Waals surface area contributed by atoms with Crippen molar-refractivity contribution in [2.75, 3.05) is 31.7 Å². The van der Waals surface area contributed by atoms with Gasteiger partial charge in [-0.2, -0.15) is 8.75 Å².